The third kappa shape index (κ3) is 4.37. The Balaban J connectivity index is 2.03. The van der Waals surface area contributed by atoms with Crippen LogP contribution in [-0.2, 0) is 12.8 Å². The molecule has 1 heterocycles. The minimum Gasteiger partial charge on any atom is -0.349 e. The third-order valence-electron chi connectivity index (χ3n) is 3.10. The minimum atomic E-state index is 0.353. The van der Waals surface area contributed by atoms with Crippen molar-refractivity contribution in [3.63, 3.8) is 0 Å². The zero-order chi connectivity index (χ0) is 13.5. The first-order valence-electron chi connectivity index (χ1n) is 6.74. The maximum atomic E-state index is 6.23. The average molecular weight is 278 g/mol. The zero-order valence-corrected chi connectivity index (χ0v) is 12.0. The molecule has 0 aliphatic heterocycles. The summed E-state index contributed by atoms with van der Waals surface area (Å²) < 4.78 is 0. The Bertz CT molecular complexity index is 482. The molecule has 1 unspecified atom stereocenters. The van der Waals surface area contributed by atoms with Crippen LogP contribution in [-0.4, -0.2) is 22.6 Å². The summed E-state index contributed by atoms with van der Waals surface area (Å²) in [5.74, 6) is 1.01. The first-order chi connectivity index (χ1) is 9.29. The van der Waals surface area contributed by atoms with Crippen LogP contribution < -0.4 is 5.32 Å². The molecular formula is C15H20ClN3. The molecule has 19 heavy (non-hydrogen) atoms. The van der Waals surface area contributed by atoms with Gasteiger partial charge in [-0.05, 0) is 31.0 Å². The average Bonchev–Trinajstić information content (AvgIpc) is 2.91. The van der Waals surface area contributed by atoms with Gasteiger partial charge in [0.1, 0.15) is 5.82 Å². The van der Waals surface area contributed by atoms with Crippen molar-refractivity contribution in [2.24, 2.45) is 0 Å². The van der Waals surface area contributed by atoms with Crippen molar-refractivity contribution in [3.8, 4) is 0 Å². The van der Waals surface area contributed by atoms with Gasteiger partial charge in [-0.3, -0.25) is 0 Å². The molecule has 102 valence electrons. The summed E-state index contributed by atoms with van der Waals surface area (Å²) in [7, 11) is 0. The fraction of sp³-hybridized carbons (Fsp3) is 0.400. The zero-order valence-electron chi connectivity index (χ0n) is 11.2. The number of imidazole rings is 1. The monoisotopic (exact) mass is 277 g/mol. The van der Waals surface area contributed by atoms with Gasteiger partial charge in [0.2, 0.25) is 0 Å². The fourth-order valence-corrected chi connectivity index (χ4v) is 2.35. The first-order valence-corrected chi connectivity index (χ1v) is 7.12. The summed E-state index contributed by atoms with van der Waals surface area (Å²) in [4.78, 5) is 7.46. The van der Waals surface area contributed by atoms with E-state index in [1.807, 2.05) is 24.4 Å². The predicted octanol–water partition coefficient (Wildman–Crippen LogP) is 3.22. The van der Waals surface area contributed by atoms with Crippen molar-refractivity contribution in [2.45, 2.75) is 32.2 Å². The van der Waals surface area contributed by atoms with Gasteiger partial charge in [-0.1, -0.05) is 36.7 Å². The number of hydrogen-bond acceptors (Lipinski definition) is 2. The molecule has 2 rings (SSSR count). The van der Waals surface area contributed by atoms with Gasteiger partial charge in [-0.15, -0.1) is 0 Å². The van der Waals surface area contributed by atoms with Crippen molar-refractivity contribution in [3.05, 3.63) is 53.1 Å². The second-order valence-electron chi connectivity index (χ2n) is 4.69. The summed E-state index contributed by atoms with van der Waals surface area (Å²) in [6.07, 6.45) is 6.58. The van der Waals surface area contributed by atoms with Crippen LogP contribution in [0.2, 0.25) is 5.02 Å². The maximum Gasteiger partial charge on any atom is 0.107 e. The topological polar surface area (TPSA) is 40.7 Å². The SMILES string of the molecule is CCCNC(Cc1ncc[nH]1)Cc1ccccc1Cl. The fourth-order valence-electron chi connectivity index (χ4n) is 2.14. The van der Waals surface area contributed by atoms with Crippen molar-refractivity contribution >= 4 is 11.6 Å². The maximum absolute atomic E-state index is 6.23. The van der Waals surface area contributed by atoms with Crippen molar-refractivity contribution in [1.82, 2.24) is 15.3 Å². The number of aromatic nitrogens is 2. The van der Waals surface area contributed by atoms with E-state index in [1.54, 1.807) is 6.20 Å². The van der Waals surface area contributed by atoms with E-state index in [4.69, 9.17) is 11.6 Å². The van der Waals surface area contributed by atoms with Gasteiger partial charge < -0.3 is 10.3 Å². The van der Waals surface area contributed by atoms with E-state index < -0.39 is 0 Å². The summed E-state index contributed by atoms with van der Waals surface area (Å²) in [6.45, 7) is 3.18. The van der Waals surface area contributed by atoms with Crippen molar-refractivity contribution < 1.29 is 0 Å². The molecule has 1 aromatic carbocycles. The van der Waals surface area contributed by atoms with Crippen molar-refractivity contribution in [1.29, 1.82) is 0 Å². The lowest BCUT2D eigenvalue weighted by Crippen LogP contribution is -2.34. The van der Waals surface area contributed by atoms with Crippen LogP contribution >= 0.6 is 11.6 Å². The minimum absolute atomic E-state index is 0.353. The van der Waals surface area contributed by atoms with Gasteiger partial charge >= 0.3 is 0 Å². The van der Waals surface area contributed by atoms with Gasteiger partial charge in [0.05, 0.1) is 0 Å². The van der Waals surface area contributed by atoms with Gasteiger partial charge in [0.25, 0.3) is 0 Å². The van der Waals surface area contributed by atoms with Crippen LogP contribution in [0.15, 0.2) is 36.7 Å². The molecular weight excluding hydrogens is 258 g/mol. The lowest BCUT2D eigenvalue weighted by Gasteiger charge is -2.18. The number of nitrogens with zero attached hydrogens (tertiary/aromatic N) is 1. The molecule has 2 aromatic rings. The highest BCUT2D eigenvalue weighted by atomic mass is 35.5. The quantitative estimate of drug-likeness (QED) is 0.816. The molecule has 2 N–H and O–H groups in total. The highest BCUT2D eigenvalue weighted by molar-refractivity contribution is 6.31. The second-order valence-corrected chi connectivity index (χ2v) is 5.09. The van der Waals surface area contributed by atoms with E-state index in [9.17, 15) is 0 Å². The normalized spacial score (nSPS) is 12.5. The Morgan fingerprint density at radius 3 is 2.84 bits per heavy atom. The molecule has 0 amide bonds. The predicted molar refractivity (Wildman–Crippen MR) is 79.5 cm³/mol. The molecule has 0 spiro atoms. The largest absolute Gasteiger partial charge is 0.349 e. The van der Waals surface area contributed by atoms with E-state index in [0.717, 1.165) is 36.7 Å². The Morgan fingerprint density at radius 1 is 1.32 bits per heavy atom. The molecule has 0 saturated carbocycles. The number of rotatable bonds is 7. The smallest absolute Gasteiger partial charge is 0.107 e. The Kier molecular flexibility index (Phi) is 5.43. The third-order valence-corrected chi connectivity index (χ3v) is 3.47. The molecule has 0 aliphatic carbocycles. The number of benzene rings is 1. The van der Waals surface area contributed by atoms with Gasteiger partial charge in [-0.25, -0.2) is 4.98 Å². The van der Waals surface area contributed by atoms with E-state index >= 15 is 0 Å². The summed E-state index contributed by atoms with van der Waals surface area (Å²) >= 11 is 6.23. The highest BCUT2D eigenvalue weighted by Gasteiger charge is 2.12. The molecule has 0 radical (unpaired) electrons. The van der Waals surface area contributed by atoms with Crippen LogP contribution in [0.5, 0.6) is 0 Å². The van der Waals surface area contributed by atoms with Gasteiger partial charge in [-0.2, -0.15) is 0 Å². The molecule has 0 bridgehead atoms. The van der Waals surface area contributed by atoms with E-state index in [1.165, 1.54) is 5.56 Å². The molecule has 1 atom stereocenters. The van der Waals surface area contributed by atoms with Crippen LogP contribution in [0.3, 0.4) is 0 Å². The standard InChI is InChI=1S/C15H20ClN3/c1-2-7-17-13(11-15-18-8-9-19-15)10-12-5-3-4-6-14(12)16/h3-6,8-9,13,17H,2,7,10-11H2,1H3,(H,18,19). The van der Waals surface area contributed by atoms with Crippen LogP contribution in [0.4, 0.5) is 0 Å². The summed E-state index contributed by atoms with van der Waals surface area (Å²) in [5.41, 5.74) is 1.18. The molecule has 4 heteroatoms. The van der Waals surface area contributed by atoms with Crippen LogP contribution in [0.25, 0.3) is 0 Å². The van der Waals surface area contributed by atoms with Crippen LogP contribution in [0.1, 0.15) is 24.7 Å². The van der Waals surface area contributed by atoms with Crippen molar-refractivity contribution in [2.75, 3.05) is 6.54 Å². The van der Waals surface area contributed by atoms with E-state index in [2.05, 4.69) is 28.3 Å². The summed E-state index contributed by atoms with van der Waals surface area (Å²) in [6, 6.07) is 8.38. The lowest BCUT2D eigenvalue weighted by atomic mass is 10.0. The van der Waals surface area contributed by atoms with Gasteiger partial charge in [0, 0.05) is 29.9 Å². The second kappa shape index (κ2) is 7.31. The molecule has 0 aliphatic rings. The van der Waals surface area contributed by atoms with E-state index in [-0.39, 0.29) is 0 Å². The Labute approximate surface area is 119 Å². The lowest BCUT2D eigenvalue weighted by molar-refractivity contribution is 0.497. The number of hydrogen-bond donors (Lipinski definition) is 2. The highest BCUT2D eigenvalue weighted by Crippen LogP contribution is 2.17. The number of aromatic amines is 1. The number of nitrogens with one attached hydrogen (secondary N) is 2. The Hall–Kier alpha value is -1.32. The molecule has 1 aromatic heterocycles. The molecule has 0 saturated heterocycles. The number of halogens is 1. The molecule has 0 fully saturated rings. The van der Waals surface area contributed by atoms with E-state index in [0.29, 0.717) is 6.04 Å². The first kappa shape index (κ1) is 14.1. The Morgan fingerprint density at radius 2 is 2.16 bits per heavy atom. The van der Waals surface area contributed by atoms with Crippen LogP contribution in [0, 0.1) is 0 Å². The summed E-state index contributed by atoms with van der Waals surface area (Å²) in [5, 5.41) is 4.40. The molecule has 3 nitrogen and oxygen atoms in total. The van der Waals surface area contributed by atoms with Gasteiger partial charge in [0.15, 0.2) is 0 Å². The number of H-pyrrole nitrogens is 1.